The molecule has 0 fully saturated rings. The number of aliphatic hydroxyl groups is 1. The maximum atomic E-state index is 12.7. The lowest BCUT2D eigenvalue weighted by atomic mass is 10.0. The molecule has 2 N–H and O–H groups in total. The molecule has 32 heavy (non-hydrogen) atoms. The third kappa shape index (κ3) is 6.00. The van der Waals surface area contributed by atoms with Crippen LogP contribution < -0.4 is 14.8 Å². The highest BCUT2D eigenvalue weighted by molar-refractivity contribution is 5.82. The molecule has 0 aliphatic rings. The summed E-state index contributed by atoms with van der Waals surface area (Å²) >= 11 is 0. The van der Waals surface area contributed by atoms with Crippen LogP contribution in [0.5, 0.6) is 11.5 Å². The number of nitrogens with one attached hydrogen (secondary N) is 1. The first-order valence-corrected chi connectivity index (χ1v) is 10.0. The number of ether oxygens (including phenoxy) is 3. The number of esters is 1. The van der Waals surface area contributed by atoms with Gasteiger partial charge in [0.15, 0.2) is 6.04 Å². The van der Waals surface area contributed by atoms with Gasteiger partial charge in [0, 0.05) is 11.3 Å². The summed E-state index contributed by atoms with van der Waals surface area (Å²) in [6.45, 7) is 0.267. The van der Waals surface area contributed by atoms with E-state index in [0.717, 1.165) is 5.56 Å². The summed E-state index contributed by atoms with van der Waals surface area (Å²) in [6.07, 6.45) is 0. The Morgan fingerprint density at radius 3 is 2.47 bits per heavy atom. The molecule has 0 amide bonds. The molecule has 0 bridgehead atoms. The molecular formula is C25H24N2O5. The topological polar surface area (TPSA) is 101 Å². The highest BCUT2D eigenvalue weighted by Crippen LogP contribution is 2.33. The molecule has 0 saturated heterocycles. The van der Waals surface area contributed by atoms with Crippen molar-refractivity contribution < 1.29 is 24.1 Å². The first-order valence-electron chi connectivity index (χ1n) is 10.0. The second kappa shape index (κ2) is 11.4. The van der Waals surface area contributed by atoms with Crippen molar-refractivity contribution >= 4 is 11.7 Å². The molecule has 0 radical (unpaired) electrons. The lowest BCUT2D eigenvalue weighted by Gasteiger charge is -2.22. The molecule has 0 aliphatic heterocycles. The molecule has 3 aromatic rings. The molecule has 3 aromatic carbocycles. The van der Waals surface area contributed by atoms with Gasteiger partial charge >= 0.3 is 5.97 Å². The number of aliphatic hydroxyl groups excluding tert-OH is 1. The molecule has 0 saturated carbocycles. The maximum Gasteiger partial charge on any atom is 0.333 e. The van der Waals surface area contributed by atoms with Crippen LogP contribution in [0.25, 0.3) is 0 Å². The van der Waals surface area contributed by atoms with Gasteiger partial charge in [-0.15, -0.1) is 0 Å². The molecule has 0 spiro atoms. The molecule has 3 rings (SSSR count). The van der Waals surface area contributed by atoms with Gasteiger partial charge < -0.3 is 24.6 Å². The minimum Gasteiger partial charge on any atom is -0.491 e. The van der Waals surface area contributed by atoms with E-state index >= 15 is 0 Å². The van der Waals surface area contributed by atoms with Gasteiger partial charge in [0.1, 0.15) is 24.7 Å². The van der Waals surface area contributed by atoms with Crippen molar-refractivity contribution in [2.45, 2.75) is 12.6 Å². The molecular weight excluding hydrogens is 408 g/mol. The zero-order valence-electron chi connectivity index (χ0n) is 17.7. The summed E-state index contributed by atoms with van der Waals surface area (Å²) < 4.78 is 16.6. The van der Waals surface area contributed by atoms with E-state index in [1.54, 1.807) is 42.5 Å². The molecule has 164 valence electrons. The van der Waals surface area contributed by atoms with E-state index in [2.05, 4.69) is 11.4 Å². The lowest BCUT2D eigenvalue weighted by Crippen LogP contribution is -2.23. The van der Waals surface area contributed by atoms with E-state index in [0.29, 0.717) is 34.9 Å². The van der Waals surface area contributed by atoms with Crippen LogP contribution in [0.3, 0.4) is 0 Å². The van der Waals surface area contributed by atoms with E-state index in [1.165, 1.54) is 7.11 Å². The Bertz CT molecular complexity index is 1060. The summed E-state index contributed by atoms with van der Waals surface area (Å²) in [6, 6.07) is 22.8. The number of nitriles is 1. The van der Waals surface area contributed by atoms with Gasteiger partial charge in [-0.2, -0.15) is 5.26 Å². The van der Waals surface area contributed by atoms with Gasteiger partial charge in [0.25, 0.3) is 0 Å². The first-order chi connectivity index (χ1) is 15.6. The van der Waals surface area contributed by atoms with Gasteiger partial charge in [0.05, 0.1) is 25.3 Å². The second-order valence-electron chi connectivity index (χ2n) is 6.84. The number of methoxy groups -OCH3 is 1. The van der Waals surface area contributed by atoms with Gasteiger partial charge in [-0.25, -0.2) is 4.79 Å². The molecule has 0 aliphatic carbocycles. The quantitative estimate of drug-likeness (QED) is 0.470. The van der Waals surface area contributed by atoms with Crippen molar-refractivity contribution in [3.05, 3.63) is 89.5 Å². The molecule has 0 heterocycles. The van der Waals surface area contributed by atoms with Crippen molar-refractivity contribution in [1.29, 1.82) is 5.26 Å². The second-order valence-corrected chi connectivity index (χ2v) is 6.84. The molecule has 1 atom stereocenters. The van der Waals surface area contributed by atoms with E-state index in [-0.39, 0.29) is 13.2 Å². The van der Waals surface area contributed by atoms with Crippen LogP contribution in [0, 0.1) is 11.3 Å². The van der Waals surface area contributed by atoms with Crippen LogP contribution in [0.15, 0.2) is 72.8 Å². The van der Waals surface area contributed by atoms with E-state index < -0.39 is 12.0 Å². The fourth-order valence-corrected chi connectivity index (χ4v) is 3.06. The van der Waals surface area contributed by atoms with Crippen molar-refractivity contribution in [2.75, 3.05) is 25.6 Å². The number of anilines is 1. The molecule has 0 aromatic heterocycles. The van der Waals surface area contributed by atoms with Crippen molar-refractivity contribution in [3.63, 3.8) is 0 Å². The van der Waals surface area contributed by atoms with E-state index in [4.69, 9.17) is 19.5 Å². The van der Waals surface area contributed by atoms with E-state index in [9.17, 15) is 9.90 Å². The molecule has 1 unspecified atom stereocenters. The third-order valence-corrected chi connectivity index (χ3v) is 4.65. The van der Waals surface area contributed by atoms with Gasteiger partial charge in [0.2, 0.25) is 0 Å². The number of nitrogens with zero attached hydrogens (tertiary/aromatic N) is 1. The van der Waals surface area contributed by atoms with Crippen LogP contribution in [0.2, 0.25) is 0 Å². The predicted octanol–water partition coefficient (Wildman–Crippen LogP) is 3.83. The Balaban J connectivity index is 1.91. The normalized spacial score (nSPS) is 11.2. The molecule has 7 nitrogen and oxygen atoms in total. The smallest absolute Gasteiger partial charge is 0.333 e. The fourth-order valence-electron chi connectivity index (χ4n) is 3.06. The van der Waals surface area contributed by atoms with Crippen LogP contribution >= 0.6 is 0 Å². The summed E-state index contributed by atoms with van der Waals surface area (Å²) in [5.74, 6) is 0.446. The predicted molar refractivity (Wildman–Crippen MR) is 119 cm³/mol. The summed E-state index contributed by atoms with van der Waals surface area (Å²) in [5.41, 5.74) is 2.65. The Morgan fingerprint density at radius 1 is 1.06 bits per heavy atom. The fraction of sp³-hybridized carbons (Fsp3) is 0.200. The minimum absolute atomic E-state index is 0.0714. The first kappa shape index (κ1) is 22.7. The summed E-state index contributed by atoms with van der Waals surface area (Å²) in [4.78, 5) is 12.7. The largest absolute Gasteiger partial charge is 0.491 e. The van der Waals surface area contributed by atoms with Crippen LogP contribution in [0.1, 0.15) is 22.7 Å². The van der Waals surface area contributed by atoms with Crippen LogP contribution in [0.4, 0.5) is 5.69 Å². The number of hydrogen-bond donors (Lipinski definition) is 2. The Hall–Kier alpha value is -4.02. The Labute approximate surface area is 186 Å². The zero-order chi connectivity index (χ0) is 22.8. The Morgan fingerprint density at radius 2 is 1.81 bits per heavy atom. The number of benzene rings is 3. The third-order valence-electron chi connectivity index (χ3n) is 4.65. The number of rotatable bonds is 10. The monoisotopic (exact) mass is 432 g/mol. The number of carbonyl (C=O) groups is 1. The van der Waals surface area contributed by atoms with Crippen molar-refractivity contribution in [2.24, 2.45) is 0 Å². The van der Waals surface area contributed by atoms with Gasteiger partial charge in [-0.1, -0.05) is 30.3 Å². The Kier molecular flexibility index (Phi) is 8.07. The van der Waals surface area contributed by atoms with Gasteiger partial charge in [-0.3, -0.25) is 0 Å². The van der Waals surface area contributed by atoms with Gasteiger partial charge in [-0.05, 0) is 48.0 Å². The standard InChI is InChI=1S/C25H24N2O5/c1-30-25(29)24(27-20-9-7-18(16-26)8-10-20)22-15-21(11-12-23(22)31-14-13-28)32-17-19-5-3-2-4-6-19/h2-12,15,24,27-28H,13-14,17H2,1H3. The van der Waals surface area contributed by atoms with Crippen LogP contribution in [-0.2, 0) is 16.1 Å². The highest BCUT2D eigenvalue weighted by Gasteiger charge is 2.26. The summed E-state index contributed by atoms with van der Waals surface area (Å²) in [7, 11) is 1.31. The summed E-state index contributed by atoms with van der Waals surface area (Å²) in [5, 5.41) is 21.3. The zero-order valence-corrected chi connectivity index (χ0v) is 17.7. The van der Waals surface area contributed by atoms with Crippen molar-refractivity contribution in [3.8, 4) is 17.6 Å². The average molecular weight is 432 g/mol. The van der Waals surface area contributed by atoms with Crippen molar-refractivity contribution in [1.82, 2.24) is 0 Å². The van der Waals surface area contributed by atoms with E-state index in [1.807, 2.05) is 30.3 Å². The number of hydrogen-bond acceptors (Lipinski definition) is 7. The SMILES string of the molecule is COC(=O)C(Nc1ccc(C#N)cc1)c1cc(OCc2ccccc2)ccc1OCCO. The average Bonchev–Trinajstić information content (AvgIpc) is 2.85. The van der Waals surface area contributed by atoms with Crippen LogP contribution in [-0.4, -0.2) is 31.4 Å². The maximum absolute atomic E-state index is 12.7. The molecule has 7 heteroatoms. The number of carbonyl (C=O) groups excluding carboxylic acids is 1. The lowest BCUT2D eigenvalue weighted by molar-refractivity contribution is -0.141. The minimum atomic E-state index is -0.901. The highest BCUT2D eigenvalue weighted by atomic mass is 16.5.